The Kier molecular flexibility index (Phi) is 4.42. The molecule has 0 aliphatic carbocycles. The molecule has 3 atom stereocenters. The highest BCUT2D eigenvalue weighted by Gasteiger charge is 2.56. The highest BCUT2D eigenvalue weighted by atomic mass is 16.4. The zero-order valence-corrected chi connectivity index (χ0v) is 13.8. The zero-order chi connectivity index (χ0) is 17.2. The van der Waals surface area contributed by atoms with Crippen LogP contribution in [-0.4, -0.2) is 39.4 Å². The topological polar surface area (TPSA) is 67.5 Å². The SMILES string of the molecule is CC1(O)CN(Cc2ccccc2)CC(c2ccccc2)C1(O)C#N. The minimum Gasteiger partial charge on any atom is -0.385 e. The second-order valence-electron chi connectivity index (χ2n) is 6.77. The van der Waals surface area contributed by atoms with Gasteiger partial charge in [-0.15, -0.1) is 0 Å². The molecule has 0 aromatic heterocycles. The summed E-state index contributed by atoms with van der Waals surface area (Å²) in [7, 11) is 0. The predicted octanol–water partition coefficient (Wildman–Crippen LogP) is 2.29. The first-order chi connectivity index (χ1) is 11.5. The molecular weight excluding hydrogens is 300 g/mol. The van der Waals surface area contributed by atoms with E-state index in [1.807, 2.05) is 66.7 Å². The van der Waals surface area contributed by atoms with Crippen LogP contribution < -0.4 is 0 Å². The van der Waals surface area contributed by atoms with Gasteiger partial charge in [-0.05, 0) is 18.1 Å². The quantitative estimate of drug-likeness (QED) is 0.851. The van der Waals surface area contributed by atoms with Crippen LogP contribution in [-0.2, 0) is 6.54 Å². The van der Waals surface area contributed by atoms with Crippen molar-refractivity contribution in [3.05, 3.63) is 71.8 Å². The molecule has 1 aliphatic rings. The van der Waals surface area contributed by atoms with Crippen LogP contribution in [0, 0.1) is 11.3 Å². The lowest BCUT2D eigenvalue weighted by Gasteiger charge is -2.50. The average molecular weight is 322 g/mol. The van der Waals surface area contributed by atoms with Gasteiger partial charge in [0.1, 0.15) is 11.7 Å². The Morgan fingerprint density at radius 1 is 1.08 bits per heavy atom. The van der Waals surface area contributed by atoms with Crippen LogP contribution >= 0.6 is 0 Å². The molecule has 2 aromatic rings. The molecule has 3 unspecified atom stereocenters. The highest BCUT2D eigenvalue weighted by molar-refractivity contribution is 5.33. The lowest BCUT2D eigenvalue weighted by atomic mass is 9.69. The Bertz CT molecular complexity index is 724. The zero-order valence-electron chi connectivity index (χ0n) is 13.8. The second-order valence-corrected chi connectivity index (χ2v) is 6.77. The van der Waals surface area contributed by atoms with E-state index in [1.165, 1.54) is 0 Å². The lowest BCUT2D eigenvalue weighted by molar-refractivity contribution is -0.162. The van der Waals surface area contributed by atoms with Gasteiger partial charge in [0.05, 0.1) is 0 Å². The minimum absolute atomic E-state index is 0.245. The van der Waals surface area contributed by atoms with Crippen molar-refractivity contribution in [2.45, 2.75) is 30.6 Å². The number of nitriles is 1. The highest BCUT2D eigenvalue weighted by Crippen LogP contribution is 2.41. The fourth-order valence-corrected chi connectivity index (χ4v) is 3.58. The molecule has 1 fully saturated rings. The van der Waals surface area contributed by atoms with Crippen molar-refractivity contribution < 1.29 is 10.2 Å². The van der Waals surface area contributed by atoms with Crippen LogP contribution in [0.2, 0.25) is 0 Å². The molecule has 3 rings (SSSR count). The van der Waals surface area contributed by atoms with Gasteiger partial charge in [0.25, 0.3) is 0 Å². The summed E-state index contributed by atoms with van der Waals surface area (Å²) in [5.41, 5.74) is -1.33. The fraction of sp³-hybridized carbons (Fsp3) is 0.350. The molecule has 2 N–H and O–H groups in total. The third kappa shape index (κ3) is 2.94. The van der Waals surface area contributed by atoms with E-state index in [9.17, 15) is 15.5 Å². The van der Waals surface area contributed by atoms with Gasteiger partial charge < -0.3 is 10.2 Å². The summed E-state index contributed by atoms with van der Waals surface area (Å²) in [5, 5.41) is 31.4. The number of hydrogen-bond acceptors (Lipinski definition) is 4. The molecule has 0 saturated carbocycles. The van der Waals surface area contributed by atoms with Gasteiger partial charge in [-0.25, -0.2) is 0 Å². The van der Waals surface area contributed by atoms with E-state index in [-0.39, 0.29) is 6.54 Å². The van der Waals surface area contributed by atoms with Crippen LogP contribution in [0.15, 0.2) is 60.7 Å². The molecule has 4 heteroatoms. The Morgan fingerprint density at radius 3 is 2.25 bits per heavy atom. The van der Waals surface area contributed by atoms with E-state index in [2.05, 4.69) is 4.90 Å². The number of piperidine rings is 1. The summed E-state index contributed by atoms with van der Waals surface area (Å²) in [5.74, 6) is -0.476. The Labute approximate surface area is 142 Å². The van der Waals surface area contributed by atoms with Gasteiger partial charge in [0, 0.05) is 25.6 Å². The van der Waals surface area contributed by atoms with Gasteiger partial charge in [-0.3, -0.25) is 4.90 Å². The Hall–Kier alpha value is -2.19. The van der Waals surface area contributed by atoms with Gasteiger partial charge in [-0.2, -0.15) is 5.26 Å². The van der Waals surface area contributed by atoms with E-state index in [4.69, 9.17) is 0 Å². The van der Waals surface area contributed by atoms with Crippen LogP contribution in [0.4, 0.5) is 0 Å². The van der Waals surface area contributed by atoms with Crippen LogP contribution in [0.25, 0.3) is 0 Å². The second kappa shape index (κ2) is 6.37. The van der Waals surface area contributed by atoms with E-state index in [0.29, 0.717) is 13.1 Å². The molecule has 0 spiro atoms. The van der Waals surface area contributed by atoms with Crippen LogP contribution in [0.5, 0.6) is 0 Å². The standard InChI is InChI=1S/C20H22N2O2/c1-19(23)15-22(12-16-8-4-2-5-9-16)13-18(20(19,24)14-21)17-10-6-3-7-11-17/h2-11,18,23-24H,12-13,15H2,1H3. The molecule has 2 aromatic carbocycles. The van der Waals surface area contributed by atoms with Crippen molar-refractivity contribution in [1.82, 2.24) is 4.90 Å². The largest absolute Gasteiger partial charge is 0.385 e. The maximum Gasteiger partial charge on any atom is 0.188 e. The monoisotopic (exact) mass is 322 g/mol. The predicted molar refractivity (Wildman–Crippen MR) is 92.1 cm³/mol. The van der Waals surface area contributed by atoms with Gasteiger partial charge in [0.2, 0.25) is 0 Å². The Balaban J connectivity index is 1.93. The summed E-state index contributed by atoms with van der Waals surface area (Å²) in [6.45, 7) is 2.97. The molecule has 1 aliphatic heterocycles. The summed E-state index contributed by atoms with van der Waals surface area (Å²) in [4.78, 5) is 2.10. The van der Waals surface area contributed by atoms with E-state index in [1.54, 1.807) is 6.92 Å². The van der Waals surface area contributed by atoms with Crippen molar-refractivity contribution in [1.29, 1.82) is 5.26 Å². The average Bonchev–Trinajstić information content (AvgIpc) is 2.59. The van der Waals surface area contributed by atoms with E-state index in [0.717, 1.165) is 11.1 Å². The van der Waals surface area contributed by atoms with Crippen molar-refractivity contribution in [2.24, 2.45) is 0 Å². The summed E-state index contributed by atoms with van der Waals surface area (Å²) < 4.78 is 0. The molecule has 24 heavy (non-hydrogen) atoms. The van der Waals surface area contributed by atoms with Crippen LogP contribution in [0.3, 0.4) is 0 Å². The minimum atomic E-state index is -1.82. The molecule has 1 heterocycles. The number of likely N-dealkylation sites (tertiary alicyclic amines) is 1. The maximum absolute atomic E-state index is 11.0. The van der Waals surface area contributed by atoms with E-state index >= 15 is 0 Å². The lowest BCUT2D eigenvalue weighted by Crippen LogP contribution is -2.66. The first-order valence-corrected chi connectivity index (χ1v) is 8.13. The summed E-state index contributed by atoms with van der Waals surface area (Å²) in [6, 6.07) is 21.5. The van der Waals surface area contributed by atoms with E-state index < -0.39 is 17.1 Å². The molecule has 0 bridgehead atoms. The molecule has 4 nitrogen and oxygen atoms in total. The third-order valence-corrected chi connectivity index (χ3v) is 4.92. The first kappa shape index (κ1) is 16.7. The van der Waals surface area contributed by atoms with Crippen molar-refractivity contribution in [3.8, 4) is 6.07 Å². The number of benzene rings is 2. The Morgan fingerprint density at radius 2 is 1.67 bits per heavy atom. The first-order valence-electron chi connectivity index (χ1n) is 8.13. The molecule has 0 radical (unpaired) electrons. The normalized spacial score (nSPS) is 30.7. The molecule has 0 amide bonds. The third-order valence-electron chi connectivity index (χ3n) is 4.92. The van der Waals surface area contributed by atoms with Crippen molar-refractivity contribution >= 4 is 0 Å². The van der Waals surface area contributed by atoms with Crippen molar-refractivity contribution in [3.63, 3.8) is 0 Å². The van der Waals surface area contributed by atoms with Gasteiger partial charge in [-0.1, -0.05) is 60.7 Å². The number of hydrogen-bond donors (Lipinski definition) is 2. The number of rotatable bonds is 3. The maximum atomic E-state index is 11.0. The fourth-order valence-electron chi connectivity index (χ4n) is 3.58. The van der Waals surface area contributed by atoms with Crippen molar-refractivity contribution in [2.75, 3.05) is 13.1 Å². The van der Waals surface area contributed by atoms with Crippen LogP contribution in [0.1, 0.15) is 24.0 Å². The molecule has 124 valence electrons. The molecular formula is C20H22N2O2. The number of β-amino-alcohol motifs (C(OH)–C–C–N with tert-alkyl or cyclic N) is 1. The number of aliphatic hydroxyl groups is 2. The van der Waals surface area contributed by atoms with Gasteiger partial charge in [0.15, 0.2) is 5.60 Å². The molecule has 1 saturated heterocycles. The number of nitrogens with zero attached hydrogens (tertiary/aromatic N) is 2. The smallest absolute Gasteiger partial charge is 0.188 e. The van der Waals surface area contributed by atoms with Gasteiger partial charge >= 0.3 is 0 Å². The summed E-state index contributed by atoms with van der Waals surface area (Å²) in [6.07, 6.45) is 0. The summed E-state index contributed by atoms with van der Waals surface area (Å²) >= 11 is 0.